The molecule has 0 radical (unpaired) electrons. The highest BCUT2D eigenvalue weighted by Crippen LogP contribution is 2.38. The summed E-state index contributed by atoms with van der Waals surface area (Å²) in [7, 11) is 3.68. The van der Waals surface area contributed by atoms with E-state index in [4.69, 9.17) is 15.5 Å². The molecule has 0 aliphatic heterocycles. The van der Waals surface area contributed by atoms with E-state index in [0.29, 0.717) is 6.54 Å². The molecule has 0 aliphatic rings. The monoisotopic (exact) mass is 305 g/mol. The van der Waals surface area contributed by atoms with Crippen LogP contribution in [0.1, 0.15) is 31.3 Å². The summed E-state index contributed by atoms with van der Waals surface area (Å²) in [6, 6.07) is 7.94. The van der Waals surface area contributed by atoms with Gasteiger partial charge in [0.25, 0.3) is 0 Å². The summed E-state index contributed by atoms with van der Waals surface area (Å²) >= 11 is 1.64. The number of hydrogen-bond acceptors (Lipinski definition) is 5. The summed E-state index contributed by atoms with van der Waals surface area (Å²) in [5.74, 6) is 0.835. The smallest absolute Gasteiger partial charge is 0.190 e. The van der Waals surface area contributed by atoms with Gasteiger partial charge in [0, 0.05) is 23.9 Å². The number of nitrogens with zero attached hydrogens (tertiary/aromatic N) is 2. The third-order valence-electron chi connectivity index (χ3n) is 3.32. The second-order valence-electron chi connectivity index (χ2n) is 5.95. The number of ether oxygens (including phenoxy) is 1. The molecule has 0 aliphatic carbocycles. The number of para-hydroxylation sites is 2. The van der Waals surface area contributed by atoms with Crippen LogP contribution in [0.25, 0.3) is 0 Å². The minimum atomic E-state index is -0.00886. The lowest BCUT2D eigenvalue weighted by Crippen LogP contribution is -2.16. The zero-order valence-corrected chi connectivity index (χ0v) is 14.1. The molecule has 5 heteroatoms. The van der Waals surface area contributed by atoms with Gasteiger partial charge in [-0.15, -0.1) is 0 Å². The molecule has 0 fully saturated rings. The molecule has 2 aromatic rings. The van der Waals surface area contributed by atoms with E-state index in [1.165, 1.54) is 0 Å². The van der Waals surface area contributed by atoms with Crippen LogP contribution in [0.2, 0.25) is 0 Å². The average Bonchev–Trinajstić information content (AvgIpc) is 2.90. The van der Waals surface area contributed by atoms with E-state index in [1.54, 1.807) is 18.4 Å². The SMILES string of the molecule is COc1ccccc1N(C)c1nc(C(C)(C)C)c(CN)s1. The number of rotatable bonds is 4. The Morgan fingerprint density at radius 1 is 1.29 bits per heavy atom. The van der Waals surface area contributed by atoms with Crippen molar-refractivity contribution in [2.24, 2.45) is 5.73 Å². The van der Waals surface area contributed by atoms with E-state index >= 15 is 0 Å². The highest BCUT2D eigenvalue weighted by Gasteiger charge is 2.24. The maximum absolute atomic E-state index is 5.88. The first kappa shape index (κ1) is 15.8. The molecular weight excluding hydrogens is 282 g/mol. The second kappa shape index (κ2) is 6.03. The number of aromatic nitrogens is 1. The Morgan fingerprint density at radius 3 is 2.48 bits per heavy atom. The third kappa shape index (κ3) is 3.19. The Kier molecular flexibility index (Phi) is 4.54. The van der Waals surface area contributed by atoms with Gasteiger partial charge in [-0.2, -0.15) is 0 Å². The fraction of sp³-hybridized carbons (Fsp3) is 0.438. The number of hydrogen-bond donors (Lipinski definition) is 1. The quantitative estimate of drug-likeness (QED) is 0.936. The topological polar surface area (TPSA) is 51.4 Å². The minimum absolute atomic E-state index is 0.00886. The van der Waals surface area contributed by atoms with Crippen molar-refractivity contribution in [2.75, 3.05) is 19.1 Å². The van der Waals surface area contributed by atoms with Crippen LogP contribution in [0, 0.1) is 0 Å². The first-order chi connectivity index (χ1) is 9.88. The summed E-state index contributed by atoms with van der Waals surface area (Å²) < 4.78 is 5.43. The first-order valence-corrected chi connectivity index (χ1v) is 7.77. The van der Waals surface area contributed by atoms with Gasteiger partial charge in [0.1, 0.15) is 5.75 Å². The average molecular weight is 305 g/mol. The zero-order valence-electron chi connectivity index (χ0n) is 13.3. The highest BCUT2D eigenvalue weighted by atomic mass is 32.1. The summed E-state index contributed by atoms with van der Waals surface area (Å²) in [4.78, 5) is 8.00. The molecule has 4 nitrogen and oxygen atoms in total. The maximum Gasteiger partial charge on any atom is 0.190 e. The van der Waals surface area contributed by atoms with E-state index in [0.717, 1.165) is 27.1 Å². The summed E-state index contributed by atoms with van der Waals surface area (Å²) in [5, 5.41) is 0.935. The van der Waals surface area contributed by atoms with Crippen LogP contribution < -0.4 is 15.4 Å². The van der Waals surface area contributed by atoms with Gasteiger partial charge in [-0.3, -0.25) is 0 Å². The highest BCUT2D eigenvalue weighted by molar-refractivity contribution is 7.15. The Bertz CT molecular complexity index is 616. The number of nitrogens with two attached hydrogens (primary N) is 1. The van der Waals surface area contributed by atoms with E-state index < -0.39 is 0 Å². The van der Waals surface area contributed by atoms with Gasteiger partial charge in [0.2, 0.25) is 0 Å². The van der Waals surface area contributed by atoms with Crippen molar-refractivity contribution in [1.82, 2.24) is 4.98 Å². The zero-order chi connectivity index (χ0) is 15.6. The van der Waals surface area contributed by atoms with E-state index in [-0.39, 0.29) is 5.41 Å². The van der Waals surface area contributed by atoms with Gasteiger partial charge in [-0.25, -0.2) is 4.98 Å². The molecule has 0 atom stereocenters. The number of benzene rings is 1. The summed E-state index contributed by atoms with van der Waals surface area (Å²) in [5.41, 5.74) is 7.95. The molecule has 2 N–H and O–H groups in total. The molecule has 0 saturated carbocycles. The Morgan fingerprint density at radius 2 is 1.95 bits per heavy atom. The van der Waals surface area contributed by atoms with Crippen molar-refractivity contribution in [2.45, 2.75) is 32.7 Å². The summed E-state index contributed by atoms with van der Waals surface area (Å²) in [6.45, 7) is 7.00. The van der Waals surface area contributed by atoms with Crippen LogP contribution in [0.15, 0.2) is 24.3 Å². The molecule has 0 spiro atoms. The standard InChI is InChI=1S/C16H23N3OS/c1-16(2,3)14-13(10-17)21-15(18-14)19(4)11-8-6-7-9-12(11)20-5/h6-9H,10,17H2,1-5H3. The fourth-order valence-electron chi connectivity index (χ4n) is 2.22. The largest absolute Gasteiger partial charge is 0.495 e. The molecule has 0 saturated heterocycles. The fourth-order valence-corrected chi connectivity index (χ4v) is 3.34. The second-order valence-corrected chi connectivity index (χ2v) is 7.02. The van der Waals surface area contributed by atoms with Crippen LogP contribution in [-0.2, 0) is 12.0 Å². The van der Waals surface area contributed by atoms with Crippen LogP contribution in [0.5, 0.6) is 5.75 Å². The van der Waals surface area contributed by atoms with Gasteiger partial charge in [0.05, 0.1) is 18.5 Å². The van der Waals surface area contributed by atoms with Crippen molar-refractivity contribution < 1.29 is 4.74 Å². The number of anilines is 2. The minimum Gasteiger partial charge on any atom is -0.495 e. The van der Waals surface area contributed by atoms with Gasteiger partial charge in [-0.05, 0) is 12.1 Å². The van der Waals surface area contributed by atoms with Crippen LogP contribution >= 0.6 is 11.3 Å². The Labute approximate surface area is 130 Å². The molecule has 1 heterocycles. The predicted molar refractivity (Wildman–Crippen MR) is 89.8 cm³/mol. The van der Waals surface area contributed by atoms with E-state index in [9.17, 15) is 0 Å². The molecule has 1 aromatic carbocycles. The van der Waals surface area contributed by atoms with Crippen molar-refractivity contribution in [1.29, 1.82) is 0 Å². The molecule has 0 amide bonds. The molecule has 0 bridgehead atoms. The van der Waals surface area contributed by atoms with Crippen molar-refractivity contribution in [3.8, 4) is 5.75 Å². The van der Waals surface area contributed by atoms with Gasteiger partial charge in [-0.1, -0.05) is 44.2 Å². The Hall–Kier alpha value is -1.59. The lowest BCUT2D eigenvalue weighted by molar-refractivity contribution is 0.415. The van der Waals surface area contributed by atoms with E-state index in [1.807, 2.05) is 31.3 Å². The predicted octanol–water partition coefficient (Wildman–Crippen LogP) is 3.68. The van der Waals surface area contributed by atoms with Crippen molar-refractivity contribution in [3.05, 3.63) is 34.8 Å². The Balaban J connectivity index is 2.44. The summed E-state index contributed by atoms with van der Waals surface area (Å²) in [6.07, 6.45) is 0. The molecular formula is C16H23N3OS. The first-order valence-electron chi connectivity index (χ1n) is 6.95. The number of thiazole rings is 1. The lowest BCUT2D eigenvalue weighted by atomic mass is 9.91. The van der Waals surface area contributed by atoms with Crippen LogP contribution in [-0.4, -0.2) is 19.1 Å². The third-order valence-corrected chi connectivity index (χ3v) is 4.47. The van der Waals surface area contributed by atoms with E-state index in [2.05, 4.69) is 25.7 Å². The molecule has 1 aromatic heterocycles. The lowest BCUT2D eigenvalue weighted by Gasteiger charge is -2.19. The maximum atomic E-state index is 5.88. The van der Waals surface area contributed by atoms with Crippen LogP contribution in [0.3, 0.4) is 0 Å². The molecule has 21 heavy (non-hydrogen) atoms. The van der Waals surface area contributed by atoms with Gasteiger partial charge < -0.3 is 15.4 Å². The normalized spacial score (nSPS) is 11.5. The van der Waals surface area contributed by atoms with Crippen molar-refractivity contribution in [3.63, 3.8) is 0 Å². The molecule has 0 unspecified atom stereocenters. The molecule has 2 rings (SSSR count). The van der Waals surface area contributed by atoms with Gasteiger partial charge in [0.15, 0.2) is 5.13 Å². The van der Waals surface area contributed by atoms with Crippen molar-refractivity contribution >= 4 is 22.2 Å². The molecule has 114 valence electrons. The van der Waals surface area contributed by atoms with Crippen LogP contribution in [0.4, 0.5) is 10.8 Å². The van der Waals surface area contributed by atoms with Gasteiger partial charge >= 0.3 is 0 Å². The number of methoxy groups -OCH3 is 1.